The molecule has 16 heavy (non-hydrogen) atoms. The molecule has 0 spiro atoms. The summed E-state index contributed by atoms with van der Waals surface area (Å²) >= 11 is 0. The molecule has 0 aromatic carbocycles. The van der Waals surface area contributed by atoms with E-state index in [0.29, 0.717) is 0 Å². The lowest BCUT2D eigenvalue weighted by Gasteiger charge is -2.02. The highest BCUT2D eigenvalue weighted by molar-refractivity contribution is 5.63. The number of nitrogens with zero attached hydrogens (tertiary/aromatic N) is 1. The zero-order valence-corrected chi connectivity index (χ0v) is 9.82. The maximum absolute atomic E-state index is 10.2. The third kappa shape index (κ3) is 4.91. The topological polar surface area (TPSA) is 44.0 Å². The number of aliphatic carboxylic acids is 1. The zero-order chi connectivity index (χ0) is 11.8. The van der Waals surface area contributed by atoms with Crippen molar-refractivity contribution < 1.29 is 14.5 Å². The molecule has 1 aromatic heterocycles. The molecule has 1 aromatic rings. The van der Waals surface area contributed by atoms with Gasteiger partial charge in [-0.15, -0.1) is 0 Å². The van der Waals surface area contributed by atoms with Crippen LogP contribution in [-0.2, 0) is 18.3 Å². The monoisotopic (exact) mass is 221 g/mol. The van der Waals surface area contributed by atoms with Gasteiger partial charge in [0.25, 0.3) is 0 Å². The molecular weight excluding hydrogens is 202 g/mol. The average Bonchev–Trinajstić information content (AvgIpc) is 2.25. The van der Waals surface area contributed by atoms with Gasteiger partial charge in [-0.05, 0) is 19.3 Å². The van der Waals surface area contributed by atoms with Gasteiger partial charge in [0, 0.05) is 24.5 Å². The minimum Gasteiger partial charge on any atom is -0.550 e. The summed E-state index contributed by atoms with van der Waals surface area (Å²) in [6.07, 6.45) is 7.22. The number of carboxylic acids is 1. The number of hydrogen-bond acceptors (Lipinski definition) is 2. The molecule has 88 valence electrons. The van der Waals surface area contributed by atoms with Gasteiger partial charge >= 0.3 is 0 Å². The van der Waals surface area contributed by atoms with E-state index in [9.17, 15) is 9.90 Å². The number of carboxylic acid groups (broad SMARTS) is 1. The molecule has 0 amide bonds. The summed E-state index contributed by atoms with van der Waals surface area (Å²) in [5.41, 5.74) is 1.32. The molecular formula is C13H19NO2. The summed E-state index contributed by atoms with van der Waals surface area (Å²) < 4.78 is 2.13. The largest absolute Gasteiger partial charge is 0.550 e. The molecule has 1 heterocycles. The van der Waals surface area contributed by atoms with Crippen LogP contribution in [0.15, 0.2) is 24.4 Å². The Hall–Kier alpha value is -1.38. The molecule has 0 aliphatic rings. The molecule has 0 radical (unpaired) electrons. The van der Waals surface area contributed by atoms with E-state index < -0.39 is 5.97 Å². The predicted molar refractivity (Wildman–Crippen MR) is 59.4 cm³/mol. The molecule has 0 fully saturated rings. The van der Waals surface area contributed by atoms with E-state index in [1.165, 1.54) is 5.69 Å². The van der Waals surface area contributed by atoms with Crippen LogP contribution in [0.5, 0.6) is 0 Å². The Morgan fingerprint density at radius 1 is 1.25 bits per heavy atom. The molecule has 3 nitrogen and oxygen atoms in total. The highest BCUT2D eigenvalue weighted by Gasteiger charge is 2.03. The third-order valence-electron chi connectivity index (χ3n) is 2.73. The summed E-state index contributed by atoms with van der Waals surface area (Å²) in [6.45, 7) is 0. The summed E-state index contributed by atoms with van der Waals surface area (Å²) in [6, 6.07) is 6.19. The van der Waals surface area contributed by atoms with Gasteiger partial charge in [0.05, 0.1) is 0 Å². The van der Waals surface area contributed by atoms with Crippen molar-refractivity contribution in [1.29, 1.82) is 0 Å². The van der Waals surface area contributed by atoms with Crippen molar-refractivity contribution in [3.05, 3.63) is 30.1 Å². The predicted octanol–water partition coefficient (Wildman–Crippen LogP) is 0.754. The average molecular weight is 221 g/mol. The van der Waals surface area contributed by atoms with E-state index in [0.717, 1.165) is 32.1 Å². The fourth-order valence-electron chi connectivity index (χ4n) is 1.75. The van der Waals surface area contributed by atoms with E-state index in [4.69, 9.17) is 0 Å². The van der Waals surface area contributed by atoms with Gasteiger partial charge < -0.3 is 9.90 Å². The number of pyridine rings is 1. The normalized spacial score (nSPS) is 10.3. The van der Waals surface area contributed by atoms with Crippen LogP contribution in [0, 0.1) is 0 Å². The van der Waals surface area contributed by atoms with E-state index in [-0.39, 0.29) is 6.42 Å². The maximum Gasteiger partial charge on any atom is 0.181 e. The van der Waals surface area contributed by atoms with Crippen molar-refractivity contribution in [3.8, 4) is 0 Å². The lowest BCUT2D eigenvalue weighted by molar-refractivity contribution is -0.679. The third-order valence-corrected chi connectivity index (χ3v) is 2.73. The van der Waals surface area contributed by atoms with E-state index in [1.54, 1.807) is 0 Å². The quantitative estimate of drug-likeness (QED) is 0.504. The number of rotatable bonds is 7. The fourth-order valence-corrected chi connectivity index (χ4v) is 1.75. The molecule has 0 atom stereocenters. The van der Waals surface area contributed by atoms with Crippen LogP contribution in [0.4, 0.5) is 0 Å². The van der Waals surface area contributed by atoms with Crippen molar-refractivity contribution in [2.24, 2.45) is 7.05 Å². The van der Waals surface area contributed by atoms with Gasteiger partial charge in [0.1, 0.15) is 7.05 Å². The maximum atomic E-state index is 10.2. The van der Waals surface area contributed by atoms with Crippen LogP contribution in [0.3, 0.4) is 0 Å². The minimum atomic E-state index is -0.936. The Morgan fingerprint density at radius 2 is 2.00 bits per heavy atom. The van der Waals surface area contributed by atoms with E-state index >= 15 is 0 Å². The number of aromatic nitrogens is 1. The van der Waals surface area contributed by atoms with Crippen molar-refractivity contribution in [2.45, 2.75) is 38.5 Å². The summed E-state index contributed by atoms with van der Waals surface area (Å²) in [4.78, 5) is 10.2. The van der Waals surface area contributed by atoms with Crippen molar-refractivity contribution in [3.63, 3.8) is 0 Å². The van der Waals surface area contributed by atoms with Crippen LogP contribution < -0.4 is 9.67 Å². The Labute approximate surface area is 96.7 Å². The van der Waals surface area contributed by atoms with Crippen LogP contribution in [-0.4, -0.2) is 5.97 Å². The zero-order valence-electron chi connectivity index (χ0n) is 9.82. The van der Waals surface area contributed by atoms with Gasteiger partial charge in [0.15, 0.2) is 11.9 Å². The van der Waals surface area contributed by atoms with Crippen molar-refractivity contribution >= 4 is 5.97 Å². The Balaban J connectivity index is 2.12. The van der Waals surface area contributed by atoms with Crippen LogP contribution >= 0.6 is 0 Å². The molecule has 0 aliphatic heterocycles. The molecule has 0 saturated heterocycles. The van der Waals surface area contributed by atoms with Gasteiger partial charge in [-0.2, -0.15) is 0 Å². The lowest BCUT2D eigenvalue weighted by atomic mass is 10.1. The second-order valence-electron chi connectivity index (χ2n) is 4.09. The number of unbranched alkanes of at least 4 members (excludes halogenated alkanes) is 3. The van der Waals surface area contributed by atoms with Gasteiger partial charge in [-0.25, -0.2) is 4.57 Å². The first-order valence-electron chi connectivity index (χ1n) is 5.83. The number of hydrogen-bond donors (Lipinski definition) is 0. The van der Waals surface area contributed by atoms with Crippen LogP contribution in [0.2, 0.25) is 0 Å². The first-order valence-corrected chi connectivity index (χ1v) is 5.83. The first-order chi connectivity index (χ1) is 7.70. The van der Waals surface area contributed by atoms with Gasteiger partial charge in [-0.1, -0.05) is 18.9 Å². The summed E-state index contributed by atoms with van der Waals surface area (Å²) in [5.74, 6) is -0.936. The van der Waals surface area contributed by atoms with Crippen molar-refractivity contribution in [1.82, 2.24) is 0 Å². The SMILES string of the molecule is C[n+]1ccccc1CCCCCCC(=O)[O-]. The highest BCUT2D eigenvalue weighted by atomic mass is 16.4. The standard InChI is InChI=1S/C13H19NO2/c1-14-11-7-6-9-12(14)8-4-2-3-5-10-13(15)16/h6-7,9,11H,2-5,8,10H2,1H3. The smallest absolute Gasteiger partial charge is 0.181 e. The highest BCUT2D eigenvalue weighted by Crippen LogP contribution is 2.05. The molecule has 0 saturated carbocycles. The molecule has 0 aliphatic carbocycles. The number of carbonyl (C=O) groups excluding carboxylic acids is 1. The molecule has 0 N–H and O–H groups in total. The van der Waals surface area contributed by atoms with Gasteiger partial charge in [-0.3, -0.25) is 0 Å². The number of carbonyl (C=O) groups is 1. The molecule has 3 heteroatoms. The molecule has 0 bridgehead atoms. The van der Waals surface area contributed by atoms with E-state index in [1.807, 2.05) is 25.4 Å². The second-order valence-corrected chi connectivity index (χ2v) is 4.09. The van der Waals surface area contributed by atoms with E-state index in [2.05, 4.69) is 10.6 Å². The summed E-state index contributed by atoms with van der Waals surface area (Å²) in [7, 11) is 2.05. The fraction of sp³-hybridized carbons (Fsp3) is 0.538. The Bertz CT molecular complexity index is 336. The second kappa shape index (κ2) is 6.99. The number of aryl methyl sites for hydroxylation is 2. The Morgan fingerprint density at radius 3 is 2.69 bits per heavy atom. The minimum absolute atomic E-state index is 0.194. The molecule has 1 rings (SSSR count). The van der Waals surface area contributed by atoms with Crippen LogP contribution in [0.25, 0.3) is 0 Å². The van der Waals surface area contributed by atoms with Crippen molar-refractivity contribution in [2.75, 3.05) is 0 Å². The lowest BCUT2D eigenvalue weighted by Crippen LogP contribution is -2.32. The van der Waals surface area contributed by atoms with Gasteiger partial charge in [0.2, 0.25) is 0 Å². The van der Waals surface area contributed by atoms with Crippen LogP contribution in [0.1, 0.15) is 37.8 Å². The molecule has 0 unspecified atom stereocenters. The Kier molecular flexibility index (Phi) is 5.54. The summed E-state index contributed by atoms with van der Waals surface area (Å²) in [5, 5.41) is 10.2. The first kappa shape index (κ1) is 12.7.